The molecule has 0 saturated carbocycles. The lowest BCUT2D eigenvalue weighted by Crippen LogP contribution is -2.49. The molecule has 1 saturated heterocycles. The van der Waals surface area contributed by atoms with Gasteiger partial charge in [-0.3, -0.25) is 9.97 Å². The largest absolute Gasteiger partial charge is 0.367 e. The summed E-state index contributed by atoms with van der Waals surface area (Å²) in [6.45, 7) is 5.25. The van der Waals surface area contributed by atoms with E-state index in [1.165, 1.54) is 5.69 Å². The van der Waals surface area contributed by atoms with Gasteiger partial charge in [-0.25, -0.2) is 0 Å². The maximum atomic E-state index is 4.51. The molecule has 0 spiro atoms. The lowest BCUT2D eigenvalue weighted by atomic mass is 10.2. The van der Waals surface area contributed by atoms with Crippen LogP contribution in [0.2, 0.25) is 0 Å². The fourth-order valence-corrected chi connectivity index (χ4v) is 2.72. The van der Waals surface area contributed by atoms with Crippen molar-refractivity contribution in [2.75, 3.05) is 24.5 Å². The number of hydrogen-bond acceptors (Lipinski definition) is 4. The second kappa shape index (κ2) is 4.82. The van der Waals surface area contributed by atoms with Crippen LogP contribution in [0.25, 0.3) is 11.0 Å². The van der Waals surface area contributed by atoms with Gasteiger partial charge < -0.3 is 10.2 Å². The van der Waals surface area contributed by atoms with E-state index >= 15 is 0 Å². The molecular weight excluding hydrogens is 292 g/mol. The van der Waals surface area contributed by atoms with E-state index in [2.05, 4.69) is 49.1 Å². The van der Waals surface area contributed by atoms with E-state index in [0.717, 1.165) is 35.1 Å². The number of pyridine rings is 2. The Kier molecular flexibility index (Phi) is 3.18. The summed E-state index contributed by atoms with van der Waals surface area (Å²) < 4.78 is 0.966. The minimum atomic E-state index is 0.511. The molecule has 1 atom stereocenters. The van der Waals surface area contributed by atoms with E-state index in [-0.39, 0.29) is 0 Å². The summed E-state index contributed by atoms with van der Waals surface area (Å²) in [6, 6.07) is 4.58. The Morgan fingerprint density at radius 1 is 1.44 bits per heavy atom. The number of aromatic nitrogens is 2. The predicted octanol–water partition coefficient (Wildman–Crippen LogP) is 2.19. The van der Waals surface area contributed by atoms with Crippen LogP contribution in [-0.2, 0) is 0 Å². The number of rotatable bonds is 1. The first kappa shape index (κ1) is 11.9. The minimum Gasteiger partial charge on any atom is -0.367 e. The zero-order chi connectivity index (χ0) is 12.5. The first-order valence-electron chi connectivity index (χ1n) is 6.12. The summed E-state index contributed by atoms with van der Waals surface area (Å²) in [7, 11) is 0. The summed E-state index contributed by atoms with van der Waals surface area (Å²) in [6.07, 6.45) is 3.69. The van der Waals surface area contributed by atoms with Crippen molar-refractivity contribution in [1.29, 1.82) is 0 Å². The maximum Gasteiger partial charge on any atom is 0.112 e. The molecule has 5 heteroatoms. The van der Waals surface area contributed by atoms with Gasteiger partial charge in [-0.15, -0.1) is 0 Å². The van der Waals surface area contributed by atoms with Gasteiger partial charge in [0.15, 0.2) is 0 Å². The molecular formula is C13H15BrN4. The zero-order valence-electron chi connectivity index (χ0n) is 10.2. The van der Waals surface area contributed by atoms with Crippen LogP contribution < -0.4 is 10.2 Å². The highest BCUT2D eigenvalue weighted by Crippen LogP contribution is 2.25. The normalized spacial score (nSPS) is 20.3. The Bertz CT molecular complexity index is 572. The Balaban J connectivity index is 2.05. The third-order valence-electron chi connectivity index (χ3n) is 3.23. The molecule has 1 aliphatic heterocycles. The summed E-state index contributed by atoms with van der Waals surface area (Å²) in [5.41, 5.74) is 3.10. The van der Waals surface area contributed by atoms with Gasteiger partial charge in [0.1, 0.15) is 5.52 Å². The van der Waals surface area contributed by atoms with Crippen molar-refractivity contribution in [3.63, 3.8) is 0 Å². The average molecular weight is 307 g/mol. The van der Waals surface area contributed by atoms with Gasteiger partial charge in [0.25, 0.3) is 0 Å². The molecule has 2 aromatic rings. The van der Waals surface area contributed by atoms with E-state index < -0.39 is 0 Å². The average Bonchev–Trinajstić information content (AvgIpc) is 2.37. The second-order valence-corrected chi connectivity index (χ2v) is 5.57. The molecule has 0 aliphatic carbocycles. The maximum absolute atomic E-state index is 4.51. The summed E-state index contributed by atoms with van der Waals surface area (Å²) in [5.74, 6) is 0. The summed E-state index contributed by atoms with van der Waals surface area (Å²) >= 11 is 3.44. The molecule has 1 aliphatic rings. The van der Waals surface area contributed by atoms with Crippen molar-refractivity contribution in [2.45, 2.75) is 13.0 Å². The standard InChI is InChI=1S/C13H15BrN4/c1-9-8-18(5-4-15-9)12-2-3-16-11-6-10(14)7-17-13(11)12/h2-3,6-7,9,15H,4-5,8H2,1H3/t9-/m1/s1. The molecule has 4 nitrogen and oxygen atoms in total. The number of fused-ring (bicyclic) bond motifs is 1. The molecule has 3 heterocycles. The topological polar surface area (TPSA) is 41.1 Å². The van der Waals surface area contributed by atoms with Crippen LogP contribution in [0.15, 0.2) is 29.0 Å². The fourth-order valence-electron chi connectivity index (χ4n) is 2.40. The van der Waals surface area contributed by atoms with E-state index in [1.54, 1.807) is 0 Å². The van der Waals surface area contributed by atoms with Gasteiger partial charge in [0, 0.05) is 42.5 Å². The lowest BCUT2D eigenvalue weighted by molar-refractivity contribution is 0.485. The van der Waals surface area contributed by atoms with Crippen molar-refractivity contribution in [3.8, 4) is 0 Å². The SMILES string of the molecule is C[C@@H]1CN(c2ccnc3cc(Br)cnc23)CCN1. The summed E-state index contributed by atoms with van der Waals surface area (Å²) in [5, 5.41) is 3.45. The molecule has 1 fully saturated rings. The summed E-state index contributed by atoms with van der Waals surface area (Å²) in [4.78, 5) is 11.3. The number of anilines is 1. The highest BCUT2D eigenvalue weighted by atomic mass is 79.9. The van der Waals surface area contributed by atoms with E-state index in [1.807, 2.05) is 18.5 Å². The molecule has 0 amide bonds. The highest BCUT2D eigenvalue weighted by Gasteiger charge is 2.18. The number of hydrogen-bond donors (Lipinski definition) is 1. The van der Waals surface area contributed by atoms with E-state index in [9.17, 15) is 0 Å². The van der Waals surface area contributed by atoms with Crippen LogP contribution in [0.5, 0.6) is 0 Å². The van der Waals surface area contributed by atoms with Crippen molar-refractivity contribution in [2.24, 2.45) is 0 Å². The van der Waals surface area contributed by atoms with Crippen molar-refractivity contribution in [1.82, 2.24) is 15.3 Å². The molecule has 1 N–H and O–H groups in total. The second-order valence-electron chi connectivity index (χ2n) is 4.65. The molecule has 0 unspecified atom stereocenters. The molecule has 2 aromatic heterocycles. The monoisotopic (exact) mass is 306 g/mol. The molecule has 0 bridgehead atoms. The molecule has 3 rings (SSSR count). The van der Waals surface area contributed by atoms with Crippen molar-refractivity contribution < 1.29 is 0 Å². The highest BCUT2D eigenvalue weighted by molar-refractivity contribution is 9.10. The Hall–Kier alpha value is -1.20. The molecule has 94 valence electrons. The van der Waals surface area contributed by atoms with Gasteiger partial charge in [-0.05, 0) is 35.0 Å². The zero-order valence-corrected chi connectivity index (χ0v) is 11.8. The van der Waals surface area contributed by atoms with Gasteiger partial charge in [0.2, 0.25) is 0 Å². The third kappa shape index (κ3) is 2.20. The third-order valence-corrected chi connectivity index (χ3v) is 3.67. The Morgan fingerprint density at radius 3 is 3.17 bits per heavy atom. The number of piperazine rings is 1. The van der Waals surface area contributed by atoms with E-state index in [4.69, 9.17) is 0 Å². The van der Waals surface area contributed by atoms with Crippen LogP contribution in [-0.4, -0.2) is 35.6 Å². The van der Waals surface area contributed by atoms with E-state index in [0.29, 0.717) is 6.04 Å². The van der Waals surface area contributed by atoms with Crippen LogP contribution in [0.1, 0.15) is 6.92 Å². The Labute approximate surface area is 115 Å². The quantitative estimate of drug-likeness (QED) is 0.877. The smallest absolute Gasteiger partial charge is 0.112 e. The van der Waals surface area contributed by atoms with Gasteiger partial charge in [0.05, 0.1) is 11.2 Å². The minimum absolute atomic E-state index is 0.511. The fraction of sp³-hybridized carbons (Fsp3) is 0.385. The van der Waals surface area contributed by atoms with Gasteiger partial charge >= 0.3 is 0 Å². The van der Waals surface area contributed by atoms with Crippen molar-refractivity contribution in [3.05, 3.63) is 29.0 Å². The first-order chi connectivity index (χ1) is 8.74. The van der Waals surface area contributed by atoms with Crippen LogP contribution >= 0.6 is 15.9 Å². The Morgan fingerprint density at radius 2 is 2.33 bits per heavy atom. The molecule has 0 radical (unpaired) electrons. The first-order valence-corrected chi connectivity index (χ1v) is 6.92. The van der Waals surface area contributed by atoms with Crippen LogP contribution in [0.4, 0.5) is 5.69 Å². The van der Waals surface area contributed by atoms with Gasteiger partial charge in [-0.2, -0.15) is 0 Å². The lowest BCUT2D eigenvalue weighted by Gasteiger charge is -2.33. The predicted molar refractivity (Wildman–Crippen MR) is 76.9 cm³/mol. The van der Waals surface area contributed by atoms with Gasteiger partial charge in [-0.1, -0.05) is 0 Å². The van der Waals surface area contributed by atoms with Crippen molar-refractivity contribution >= 4 is 32.7 Å². The number of nitrogens with zero attached hydrogens (tertiary/aromatic N) is 3. The molecule has 18 heavy (non-hydrogen) atoms. The molecule has 0 aromatic carbocycles. The van der Waals surface area contributed by atoms with Crippen LogP contribution in [0, 0.1) is 0 Å². The number of halogens is 1. The number of nitrogens with one attached hydrogen (secondary N) is 1. The van der Waals surface area contributed by atoms with Crippen LogP contribution in [0.3, 0.4) is 0 Å².